The molecule has 2 fully saturated rings. The van der Waals surface area contributed by atoms with Gasteiger partial charge in [-0.25, -0.2) is 9.97 Å². The Hall–Kier alpha value is -1.32. The summed E-state index contributed by atoms with van der Waals surface area (Å²) in [5, 5.41) is 0. The highest BCUT2D eigenvalue weighted by atomic mass is 15.2. The molecule has 0 spiro atoms. The number of aromatic nitrogens is 2. The van der Waals surface area contributed by atoms with Gasteiger partial charge in [-0.15, -0.1) is 0 Å². The van der Waals surface area contributed by atoms with E-state index in [0.717, 1.165) is 29.7 Å². The third kappa shape index (κ3) is 2.28. The summed E-state index contributed by atoms with van der Waals surface area (Å²) in [4.78, 5) is 11.5. The average Bonchev–Trinajstić information content (AvgIpc) is 2.42. The first-order valence-corrected chi connectivity index (χ1v) is 7.54. The summed E-state index contributed by atoms with van der Waals surface area (Å²) in [5.41, 5.74) is 7.07. The van der Waals surface area contributed by atoms with Crippen molar-refractivity contribution in [3.05, 3.63) is 11.4 Å². The normalized spacial score (nSPS) is 27.2. The molecule has 4 heteroatoms. The first-order valence-electron chi connectivity index (χ1n) is 7.54. The van der Waals surface area contributed by atoms with Gasteiger partial charge < -0.3 is 10.6 Å². The van der Waals surface area contributed by atoms with E-state index in [1.165, 1.54) is 38.5 Å². The first-order chi connectivity index (χ1) is 9.16. The maximum absolute atomic E-state index is 6.02. The molecule has 1 aromatic rings. The third-order valence-electron chi connectivity index (χ3n) is 4.78. The van der Waals surface area contributed by atoms with Crippen LogP contribution in [0.4, 0.5) is 11.6 Å². The van der Waals surface area contributed by atoms with E-state index in [9.17, 15) is 0 Å². The Morgan fingerprint density at radius 2 is 1.79 bits per heavy atom. The zero-order chi connectivity index (χ0) is 13.4. The van der Waals surface area contributed by atoms with Crippen LogP contribution in [0.25, 0.3) is 0 Å². The molecule has 0 bridgehead atoms. The zero-order valence-electron chi connectivity index (χ0n) is 12.0. The van der Waals surface area contributed by atoms with Gasteiger partial charge in [-0.05, 0) is 45.4 Å². The highest BCUT2D eigenvalue weighted by Gasteiger charge is 2.34. The Labute approximate surface area is 115 Å². The predicted molar refractivity (Wildman–Crippen MR) is 78.2 cm³/mol. The van der Waals surface area contributed by atoms with Crippen LogP contribution in [-0.2, 0) is 0 Å². The fourth-order valence-corrected chi connectivity index (χ4v) is 3.80. The number of hydrogen-bond acceptors (Lipinski definition) is 4. The van der Waals surface area contributed by atoms with E-state index in [-0.39, 0.29) is 0 Å². The van der Waals surface area contributed by atoms with Crippen molar-refractivity contribution in [1.29, 1.82) is 0 Å². The third-order valence-corrected chi connectivity index (χ3v) is 4.78. The molecular weight excluding hydrogens is 236 g/mol. The molecule has 0 amide bonds. The molecule has 2 atom stereocenters. The van der Waals surface area contributed by atoms with Crippen molar-refractivity contribution in [3.8, 4) is 0 Å². The number of nitrogens with two attached hydrogens (primary N) is 1. The number of aryl methyl sites for hydroxylation is 1. The molecule has 19 heavy (non-hydrogen) atoms. The van der Waals surface area contributed by atoms with Crippen molar-refractivity contribution in [1.82, 2.24) is 9.97 Å². The molecule has 0 radical (unpaired) electrons. The van der Waals surface area contributed by atoms with Crippen LogP contribution in [0, 0.1) is 19.8 Å². The molecule has 2 N–H and O–H groups in total. The van der Waals surface area contributed by atoms with Crippen molar-refractivity contribution >= 4 is 11.6 Å². The Balaban J connectivity index is 1.96. The van der Waals surface area contributed by atoms with Gasteiger partial charge in [0.15, 0.2) is 0 Å². The van der Waals surface area contributed by atoms with Gasteiger partial charge in [0.25, 0.3) is 0 Å². The Bertz CT molecular complexity index is 469. The summed E-state index contributed by atoms with van der Waals surface area (Å²) >= 11 is 0. The molecule has 3 rings (SSSR count). The molecule has 1 aliphatic heterocycles. The first kappa shape index (κ1) is 12.7. The van der Waals surface area contributed by atoms with Gasteiger partial charge in [0.2, 0.25) is 0 Å². The van der Waals surface area contributed by atoms with Crippen LogP contribution in [0.1, 0.15) is 49.9 Å². The molecule has 4 nitrogen and oxygen atoms in total. The summed E-state index contributed by atoms with van der Waals surface area (Å²) in [5.74, 6) is 3.37. The Kier molecular flexibility index (Phi) is 3.33. The van der Waals surface area contributed by atoms with Gasteiger partial charge in [0, 0.05) is 18.2 Å². The van der Waals surface area contributed by atoms with Gasteiger partial charge in [0.1, 0.15) is 17.5 Å². The van der Waals surface area contributed by atoms with Gasteiger partial charge >= 0.3 is 0 Å². The molecule has 1 aliphatic carbocycles. The monoisotopic (exact) mass is 260 g/mol. The van der Waals surface area contributed by atoms with E-state index in [2.05, 4.69) is 21.8 Å². The fourth-order valence-electron chi connectivity index (χ4n) is 3.80. The van der Waals surface area contributed by atoms with Crippen LogP contribution in [0.5, 0.6) is 0 Å². The second-order valence-electron chi connectivity index (χ2n) is 6.05. The van der Waals surface area contributed by atoms with E-state index in [1.807, 2.05) is 6.92 Å². The lowest BCUT2D eigenvalue weighted by molar-refractivity contribution is 0.242. The molecule has 2 aliphatic rings. The molecule has 1 saturated heterocycles. The fraction of sp³-hybridized carbons (Fsp3) is 0.733. The van der Waals surface area contributed by atoms with E-state index in [0.29, 0.717) is 11.9 Å². The maximum Gasteiger partial charge on any atom is 0.137 e. The zero-order valence-corrected chi connectivity index (χ0v) is 12.0. The summed E-state index contributed by atoms with van der Waals surface area (Å²) < 4.78 is 0. The highest BCUT2D eigenvalue weighted by molar-refractivity contribution is 5.57. The second kappa shape index (κ2) is 4.99. The van der Waals surface area contributed by atoms with Gasteiger partial charge in [-0.2, -0.15) is 0 Å². The average molecular weight is 260 g/mol. The largest absolute Gasteiger partial charge is 0.383 e. The summed E-state index contributed by atoms with van der Waals surface area (Å²) in [6, 6.07) is 0.676. The topological polar surface area (TPSA) is 55.0 Å². The van der Waals surface area contributed by atoms with Gasteiger partial charge in [-0.1, -0.05) is 12.8 Å². The van der Waals surface area contributed by atoms with E-state index in [1.54, 1.807) is 0 Å². The smallest absolute Gasteiger partial charge is 0.137 e. The number of piperidine rings is 1. The SMILES string of the molecule is Cc1nc(N)c(C)c(N2CCCC3CCCCC32)n1. The summed E-state index contributed by atoms with van der Waals surface area (Å²) in [6.45, 7) is 5.11. The van der Waals surface area contributed by atoms with Crippen LogP contribution in [0.3, 0.4) is 0 Å². The molecule has 1 saturated carbocycles. The van der Waals surface area contributed by atoms with Crippen LogP contribution in [-0.4, -0.2) is 22.6 Å². The Morgan fingerprint density at radius 3 is 2.63 bits per heavy atom. The standard InChI is InChI=1S/C15H24N4/c1-10-14(16)17-11(2)18-15(10)19-9-5-7-12-6-3-4-8-13(12)19/h12-13H,3-9H2,1-2H3,(H2,16,17,18). The number of rotatable bonds is 1. The van der Waals surface area contributed by atoms with Crippen molar-refractivity contribution < 1.29 is 0 Å². The van der Waals surface area contributed by atoms with Gasteiger partial charge in [-0.3, -0.25) is 0 Å². The molecule has 104 valence electrons. The van der Waals surface area contributed by atoms with E-state index >= 15 is 0 Å². The maximum atomic E-state index is 6.02. The number of fused-ring (bicyclic) bond motifs is 1. The van der Waals surface area contributed by atoms with E-state index < -0.39 is 0 Å². The second-order valence-corrected chi connectivity index (χ2v) is 6.05. The lowest BCUT2D eigenvalue weighted by Crippen LogP contribution is -2.47. The van der Waals surface area contributed by atoms with Crippen LogP contribution in [0.15, 0.2) is 0 Å². The molecule has 0 aromatic carbocycles. The van der Waals surface area contributed by atoms with Crippen LogP contribution < -0.4 is 10.6 Å². The minimum absolute atomic E-state index is 0.639. The summed E-state index contributed by atoms with van der Waals surface area (Å²) in [6.07, 6.45) is 8.13. The van der Waals surface area contributed by atoms with Crippen molar-refractivity contribution in [2.45, 2.75) is 58.4 Å². The Morgan fingerprint density at radius 1 is 1.05 bits per heavy atom. The van der Waals surface area contributed by atoms with Crippen molar-refractivity contribution in [3.63, 3.8) is 0 Å². The highest BCUT2D eigenvalue weighted by Crippen LogP contribution is 2.38. The molecule has 1 aromatic heterocycles. The number of nitrogens with zero attached hydrogens (tertiary/aromatic N) is 3. The van der Waals surface area contributed by atoms with Crippen molar-refractivity contribution in [2.75, 3.05) is 17.2 Å². The van der Waals surface area contributed by atoms with Crippen LogP contribution >= 0.6 is 0 Å². The molecular formula is C15H24N4. The predicted octanol–water partition coefficient (Wildman–Crippen LogP) is 2.83. The summed E-state index contributed by atoms with van der Waals surface area (Å²) in [7, 11) is 0. The molecule has 2 unspecified atom stereocenters. The number of nitrogen functional groups attached to an aromatic ring is 1. The van der Waals surface area contributed by atoms with Crippen LogP contribution in [0.2, 0.25) is 0 Å². The van der Waals surface area contributed by atoms with Gasteiger partial charge in [0.05, 0.1) is 0 Å². The molecule has 2 heterocycles. The van der Waals surface area contributed by atoms with Crippen molar-refractivity contribution in [2.24, 2.45) is 5.92 Å². The minimum Gasteiger partial charge on any atom is -0.383 e. The number of hydrogen-bond donors (Lipinski definition) is 1. The van der Waals surface area contributed by atoms with E-state index in [4.69, 9.17) is 5.73 Å². The quantitative estimate of drug-likeness (QED) is 0.843. The minimum atomic E-state index is 0.639. The lowest BCUT2D eigenvalue weighted by atomic mass is 9.78. The lowest BCUT2D eigenvalue weighted by Gasteiger charge is -2.45. The number of anilines is 2.